The second-order valence-electron chi connectivity index (χ2n) is 4.07. The summed E-state index contributed by atoms with van der Waals surface area (Å²) in [5.41, 5.74) is 0. The molecule has 0 aromatic carbocycles. The van der Waals surface area contributed by atoms with Gasteiger partial charge in [-0.2, -0.15) is 0 Å². The van der Waals surface area contributed by atoms with Gasteiger partial charge in [-0.3, -0.25) is 4.79 Å². The van der Waals surface area contributed by atoms with Crippen molar-refractivity contribution in [1.82, 2.24) is 10.0 Å². The summed E-state index contributed by atoms with van der Waals surface area (Å²) in [6.45, 7) is 3.29. The Bertz CT molecular complexity index is 335. The molecule has 0 amide bonds. The lowest BCUT2D eigenvalue weighted by Gasteiger charge is -2.23. The Morgan fingerprint density at radius 2 is 2.06 bits per heavy atom. The van der Waals surface area contributed by atoms with Crippen LogP contribution in [0.1, 0.15) is 19.8 Å². The average Bonchev–Trinajstić information content (AvgIpc) is 2.27. The van der Waals surface area contributed by atoms with Crippen LogP contribution in [0, 0.1) is 5.92 Å². The summed E-state index contributed by atoms with van der Waals surface area (Å²) in [4.78, 5) is 10.6. The number of carboxylic acid groups (broad SMARTS) is 1. The molecule has 3 N–H and O–H groups in total. The average molecular weight is 250 g/mol. The van der Waals surface area contributed by atoms with Gasteiger partial charge < -0.3 is 10.4 Å². The van der Waals surface area contributed by atoms with Crippen LogP contribution in [0.2, 0.25) is 0 Å². The van der Waals surface area contributed by atoms with Gasteiger partial charge in [-0.1, -0.05) is 0 Å². The van der Waals surface area contributed by atoms with E-state index in [-0.39, 0.29) is 0 Å². The molecule has 1 aliphatic rings. The molecule has 0 spiro atoms. The first kappa shape index (κ1) is 13.4. The van der Waals surface area contributed by atoms with Gasteiger partial charge in [0.15, 0.2) is 5.25 Å². The highest BCUT2D eigenvalue weighted by atomic mass is 32.2. The zero-order valence-electron chi connectivity index (χ0n) is 9.27. The smallest absolute Gasteiger partial charge is 0.323 e. The van der Waals surface area contributed by atoms with Gasteiger partial charge in [-0.25, -0.2) is 13.1 Å². The van der Waals surface area contributed by atoms with Crippen molar-refractivity contribution in [3.63, 3.8) is 0 Å². The maximum Gasteiger partial charge on any atom is 0.323 e. The molecule has 1 fully saturated rings. The van der Waals surface area contributed by atoms with E-state index in [0.717, 1.165) is 25.9 Å². The number of piperidine rings is 1. The number of aliphatic carboxylic acids is 1. The van der Waals surface area contributed by atoms with Gasteiger partial charge in [0.25, 0.3) is 0 Å². The maximum atomic E-state index is 11.5. The van der Waals surface area contributed by atoms with Crippen LogP contribution in [0.15, 0.2) is 0 Å². The predicted molar refractivity (Wildman–Crippen MR) is 59.6 cm³/mol. The number of hydrogen-bond acceptors (Lipinski definition) is 4. The summed E-state index contributed by atoms with van der Waals surface area (Å²) in [7, 11) is -3.73. The van der Waals surface area contributed by atoms with Gasteiger partial charge in [0, 0.05) is 6.54 Å². The standard InChI is InChI=1S/C9H18N2O4S/c1-7(9(12)13)16(14,15)11-6-8-2-4-10-5-3-8/h7-8,10-11H,2-6H2,1H3,(H,12,13). The molecule has 16 heavy (non-hydrogen) atoms. The fourth-order valence-corrected chi connectivity index (χ4v) is 2.56. The van der Waals surface area contributed by atoms with E-state index in [4.69, 9.17) is 5.11 Å². The van der Waals surface area contributed by atoms with Crippen LogP contribution in [0.3, 0.4) is 0 Å². The Morgan fingerprint density at radius 3 is 2.56 bits per heavy atom. The lowest BCUT2D eigenvalue weighted by molar-refractivity contribution is -0.136. The Morgan fingerprint density at radius 1 is 1.50 bits per heavy atom. The third-order valence-corrected chi connectivity index (χ3v) is 4.55. The molecule has 0 aromatic rings. The Kier molecular flexibility index (Phi) is 4.69. The number of sulfonamides is 1. The second kappa shape index (κ2) is 5.60. The lowest BCUT2D eigenvalue weighted by Crippen LogP contribution is -2.41. The number of carboxylic acids is 1. The predicted octanol–water partition coefficient (Wildman–Crippen LogP) is -0.621. The highest BCUT2D eigenvalue weighted by Gasteiger charge is 2.28. The minimum Gasteiger partial charge on any atom is -0.480 e. The van der Waals surface area contributed by atoms with Crippen LogP contribution >= 0.6 is 0 Å². The molecule has 1 atom stereocenters. The van der Waals surface area contributed by atoms with Crippen LogP contribution in [0.5, 0.6) is 0 Å². The first-order chi connectivity index (χ1) is 7.43. The highest BCUT2D eigenvalue weighted by molar-refractivity contribution is 7.90. The van der Waals surface area contributed by atoms with Gasteiger partial charge in [-0.05, 0) is 38.8 Å². The molecule has 0 aliphatic carbocycles. The molecular weight excluding hydrogens is 232 g/mol. The zero-order valence-corrected chi connectivity index (χ0v) is 10.1. The van der Waals surface area contributed by atoms with Crippen LogP contribution in [-0.4, -0.2) is 44.4 Å². The van der Waals surface area contributed by atoms with Crippen molar-refractivity contribution < 1.29 is 18.3 Å². The maximum absolute atomic E-state index is 11.5. The molecule has 1 rings (SSSR count). The molecule has 94 valence electrons. The minimum atomic E-state index is -3.73. The van der Waals surface area contributed by atoms with Crippen LogP contribution < -0.4 is 10.0 Å². The number of carbonyl (C=O) groups is 1. The quantitative estimate of drug-likeness (QED) is 0.604. The molecule has 6 nitrogen and oxygen atoms in total. The molecule has 0 aromatic heterocycles. The summed E-state index contributed by atoms with van der Waals surface area (Å²) in [6, 6.07) is 0. The van der Waals surface area contributed by atoms with Crippen molar-refractivity contribution in [2.75, 3.05) is 19.6 Å². The summed E-state index contributed by atoms with van der Waals surface area (Å²) in [6.07, 6.45) is 1.84. The largest absolute Gasteiger partial charge is 0.480 e. The van der Waals surface area contributed by atoms with Crippen molar-refractivity contribution in [3.8, 4) is 0 Å². The van der Waals surface area contributed by atoms with Crippen molar-refractivity contribution in [2.45, 2.75) is 25.0 Å². The van der Waals surface area contributed by atoms with Crippen molar-refractivity contribution in [3.05, 3.63) is 0 Å². The van der Waals surface area contributed by atoms with E-state index in [1.165, 1.54) is 6.92 Å². The summed E-state index contributed by atoms with van der Waals surface area (Å²) in [5, 5.41) is 10.4. The fourth-order valence-electron chi connectivity index (χ4n) is 1.58. The first-order valence-corrected chi connectivity index (χ1v) is 6.90. The fraction of sp³-hybridized carbons (Fsp3) is 0.889. The van der Waals surface area contributed by atoms with Crippen LogP contribution in [0.25, 0.3) is 0 Å². The summed E-state index contributed by atoms with van der Waals surface area (Å²) in [5.74, 6) is -1.02. The van der Waals surface area contributed by atoms with Crippen LogP contribution in [0.4, 0.5) is 0 Å². The van der Waals surface area contributed by atoms with Crippen LogP contribution in [-0.2, 0) is 14.8 Å². The molecule has 0 bridgehead atoms. The molecule has 1 saturated heterocycles. The number of hydrogen-bond donors (Lipinski definition) is 3. The molecule has 1 unspecified atom stereocenters. The van der Waals surface area contributed by atoms with E-state index in [9.17, 15) is 13.2 Å². The molecule has 0 radical (unpaired) electrons. The third-order valence-electron chi connectivity index (χ3n) is 2.85. The highest BCUT2D eigenvalue weighted by Crippen LogP contribution is 2.11. The monoisotopic (exact) mass is 250 g/mol. The van der Waals surface area contributed by atoms with E-state index in [1.807, 2.05) is 0 Å². The van der Waals surface area contributed by atoms with Crippen molar-refractivity contribution in [2.24, 2.45) is 5.92 Å². The Hall–Kier alpha value is -0.660. The van der Waals surface area contributed by atoms with E-state index in [0.29, 0.717) is 12.5 Å². The SMILES string of the molecule is CC(C(=O)O)S(=O)(=O)NCC1CCNCC1. The normalized spacial score (nSPS) is 20.6. The minimum absolute atomic E-state index is 0.303. The Balaban J connectivity index is 2.44. The van der Waals surface area contributed by atoms with E-state index in [1.54, 1.807) is 0 Å². The van der Waals surface area contributed by atoms with Gasteiger partial charge in [0.1, 0.15) is 0 Å². The number of rotatable bonds is 5. The first-order valence-electron chi connectivity index (χ1n) is 5.35. The topological polar surface area (TPSA) is 95.5 Å². The van der Waals surface area contributed by atoms with E-state index < -0.39 is 21.2 Å². The van der Waals surface area contributed by atoms with Gasteiger partial charge in [-0.15, -0.1) is 0 Å². The van der Waals surface area contributed by atoms with E-state index >= 15 is 0 Å². The molecule has 7 heteroatoms. The third kappa shape index (κ3) is 3.73. The molecular formula is C9H18N2O4S. The number of nitrogens with one attached hydrogen (secondary N) is 2. The van der Waals surface area contributed by atoms with Crippen molar-refractivity contribution in [1.29, 1.82) is 0 Å². The van der Waals surface area contributed by atoms with Gasteiger partial charge in [0.2, 0.25) is 10.0 Å². The molecule has 1 aliphatic heterocycles. The Labute approximate surface area is 95.5 Å². The van der Waals surface area contributed by atoms with Crippen molar-refractivity contribution >= 4 is 16.0 Å². The lowest BCUT2D eigenvalue weighted by atomic mass is 9.99. The summed E-state index contributed by atoms with van der Waals surface area (Å²) >= 11 is 0. The van der Waals surface area contributed by atoms with E-state index in [2.05, 4.69) is 10.0 Å². The van der Waals surface area contributed by atoms with Gasteiger partial charge in [0.05, 0.1) is 0 Å². The second-order valence-corrected chi connectivity index (χ2v) is 6.15. The van der Waals surface area contributed by atoms with Gasteiger partial charge >= 0.3 is 5.97 Å². The molecule has 1 heterocycles. The summed E-state index contributed by atoms with van der Waals surface area (Å²) < 4.78 is 25.4. The molecule has 0 saturated carbocycles. The zero-order chi connectivity index (χ0) is 12.2.